The second-order valence-corrected chi connectivity index (χ2v) is 4.94. The molecule has 3 N–H and O–H groups in total. The molecule has 3 nitrogen and oxygen atoms in total. The molecule has 0 spiro atoms. The maximum absolute atomic E-state index is 8.68. The quantitative estimate of drug-likeness (QED) is 0.333. The summed E-state index contributed by atoms with van der Waals surface area (Å²) in [6, 6.07) is 10.5. The third-order valence-corrected chi connectivity index (χ3v) is 4.07. The number of nitrogens with two attached hydrogens (primary N) is 1. The maximum Gasteiger partial charge on any atom is 0.145 e. The van der Waals surface area contributed by atoms with Crippen molar-refractivity contribution in [3.8, 4) is 0 Å². The zero-order chi connectivity index (χ0) is 10.5. The fourth-order valence-electron chi connectivity index (χ4n) is 3.26. The van der Waals surface area contributed by atoms with E-state index in [1.165, 1.54) is 5.56 Å². The first-order valence-electron chi connectivity index (χ1n) is 5.24. The minimum absolute atomic E-state index is 0.0184. The van der Waals surface area contributed by atoms with Crippen LogP contribution in [-0.2, 0) is 5.41 Å². The summed E-state index contributed by atoms with van der Waals surface area (Å²) in [7, 11) is 0. The van der Waals surface area contributed by atoms with E-state index in [1.54, 1.807) is 0 Å². The Balaban J connectivity index is 1.82. The lowest BCUT2D eigenvalue weighted by molar-refractivity contribution is -0.0845. The fourth-order valence-corrected chi connectivity index (χ4v) is 3.26. The van der Waals surface area contributed by atoms with Gasteiger partial charge in [0.2, 0.25) is 0 Å². The zero-order valence-corrected chi connectivity index (χ0v) is 8.48. The van der Waals surface area contributed by atoms with Gasteiger partial charge in [0, 0.05) is 5.41 Å². The summed E-state index contributed by atoms with van der Waals surface area (Å²) < 4.78 is 0. The minimum atomic E-state index is 0.0184. The predicted octanol–water partition coefficient (Wildman–Crippen LogP) is 1.85. The van der Waals surface area contributed by atoms with Crippen molar-refractivity contribution in [1.29, 1.82) is 0 Å². The normalized spacial score (nSPS) is 38.0. The van der Waals surface area contributed by atoms with Gasteiger partial charge in [0.05, 0.1) is 0 Å². The summed E-state index contributed by atoms with van der Waals surface area (Å²) in [6.07, 6.45) is 3.12. The summed E-state index contributed by atoms with van der Waals surface area (Å²) in [5, 5.41) is 11.8. The summed E-state index contributed by atoms with van der Waals surface area (Å²) in [5.41, 5.74) is 7.44. The van der Waals surface area contributed by atoms with Crippen molar-refractivity contribution in [1.82, 2.24) is 0 Å². The molecule has 78 valence electrons. The summed E-state index contributed by atoms with van der Waals surface area (Å²) in [4.78, 5) is 0. The van der Waals surface area contributed by atoms with Crippen LogP contribution in [0.1, 0.15) is 24.8 Å². The van der Waals surface area contributed by atoms with Crippen molar-refractivity contribution in [2.24, 2.45) is 16.3 Å². The molecule has 1 aromatic rings. The number of rotatable bonds is 2. The topological polar surface area (TPSA) is 58.6 Å². The summed E-state index contributed by atoms with van der Waals surface area (Å²) in [6.45, 7) is 0. The SMILES string of the molecule is N/C(=N\O)C12CC(c3ccccc3)(C1)C2. The average molecular weight is 202 g/mol. The van der Waals surface area contributed by atoms with Crippen molar-refractivity contribution < 1.29 is 5.21 Å². The van der Waals surface area contributed by atoms with E-state index < -0.39 is 0 Å². The molecule has 3 heteroatoms. The van der Waals surface area contributed by atoms with E-state index >= 15 is 0 Å². The molecule has 0 atom stereocenters. The van der Waals surface area contributed by atoms with Gasteiger partial charge in [-0.1, -0.05) is 35.5 Å². The van der Waals surface area contributed by atoms with Crippen LogP contribution < -0.4 is 5.73 Å². The van der Waals surface area contributed by atoms with Crippen LogP contribution in [-0.4, -0.2) is 11.0 Å². The molecular formula is C12H14N2O. The molecule has 0 unspecified atom stereocenters. The van der Waals surface area contributed by atoms with Crippen molar-refractivity contribution in [2.75, 3.05) is 0 Å². The average Bonchev–Trinajstić information content (AvgIpc) is 2.15. The third-order valence-electron chi connectivity index (χ3n) is 4.07. The van der Waals surface area contributed by atoms with Gasteiger partial charge in [0.25, 0.3) is 0 Å². The molecular weight excluding hydrogens is 188 g/mol. The third kappa shape index (κ3) is 0.928. The highest BCUT2D eigenvalue weighted by atomic mass is 16.4. The van der Waals surface area contributed by atoms with E-state index in [2.05, 4.69) is 29.4 Å². The lowest BCUT2D eigenvalue weighted by atomic mass is 9.33. The number of hydrogen-bond donors (Lipinski definition) is 2. The van der Waals surface area contributed by atoms with E-state index in [0.29, 0.717) is 11.3 Å². The highest BCUT2D eigenvalue weighted by molar-refractivity contribution is 5.90. The smallest absolute Gasteiger partial charge is 0.145 e. The first-order chi connectivity index (χ1) is 7.21. The molecule has 0 amide bonds. The lowest BCUT2D eigenvalue weighted by Gasteiger charge is -2.70. The molecule has 3 aliphatic rings. The molecule has 0 radical (unpaired) electrons. The van der Waals surface area contributed by atoms with E-state index in [-0.39, 0.29) is 5.41 Å². The number of oxime groups is 1. The predicted molar refractivity (Wildman–Crippen MR) is 57.8 cm³/mol. The van der Waals surface area contributed by atoms with E-state index in [4.69, 9.17) is 10.9 Å². The van der Waals surface area contributed by atoms with Crippen LogP contribution in [0.5, 0.6) is 0 Å². The molecule has 3 aliphatic carbocycles. The molecule has 0 heterocycles. The number of nitrogens with zero attached hydrogens (tertiary/aromatic N) is 1. The first-order valence-corrected chi connectivity index (χ1v) is 5.24. The van der Waals surface area contributed by atoms with Gasteiger partial charge in [0.1, 0.15) is 5.84 Å². The fraction of sp³-hybridized carbons (Fsp3) is 0.417. The van der Waals surface area contributed by atoms with Crippen LogP contribution in [0.3, 0.4) is 0 Å². The molecule has 3 saturated carbocycles. The van der Waals surface area contributed by atoms with E-state index in [1.807, 2.05) is 6.07 Å². The molecule has 1 aromatic carbocycles. The Morgan fingerprint density at radius 3 is 2.33 bits per heavy atom. The second kappa shape index (κ2) is 2.54. The monoisotopic (exact) mass is 202 g/mol. The molecule has 3 fully saturated rings. The van der Waals surface area contributed by atoms with Crippen LogP contribution in [0.4, 0.5) is 0 Å². The first kappa shape index (κ1) is 8.77. The number of benzene rings is 1. The van der Waals surface area contributed by atoms with Gasteiger partial charge in [-0.15, -0.1) is 0 Å². The lowest BCUT2D eigenvalue weighted by Crippen LogP contribution is -2.69. The van der Waals surface area contributed by atoms with E-state index in [9.17, 15) is 0 Å². The van der Waals surface area contributed by atoms with Crippen LogP contribution in [0, 0.1) is 5.41 Å². The van der Waals surface area contributed by atoms with E-state index in [0.717, 1.165) is 19.3 Å². The van der Waals surface area contributed by atoms with Gasteiger partial charge in [-0.05, 0) is 30.2 Å². The largest absolute Gasteiger partial charge is 0.409 e. The molecule has 0 aliphatic heterocycles. The Kier molecular flexibility index (Phi) is 1.48. The molecule has 4 rings (SSSR count). The highest BCUT2D eigenvalue weighted by Gasteiger charge is 2.70. The highest BCUT2D eigenvalue weighted by Crippen LogP contribution is 2.73. The van der Waals surface area contributed by atoms with Gasteiger partial charge < -0.3 is 10.9 Å². The minimum Gasteiger partial charge on any atom is -0.409 e. The van der Waals surface area contributed by atoms with Gasteiger partial charge in [-0.3, -0.25) is 0 Å². The van der Waals surface area contributed by atoms with Crippen LogP contribution in [0.2, 0.25) is 0 Å². The van der Waals surface area contributed by atoms with Crippen molar-refractivity contribution in [2.45, 2.75) is 24.7 Å². The Morgan fingerprint density at radius 1 is 1.20 bits per heavy atom. The Hall–Kier alpha value is -1.51. The van der Waals surface area contributed by atoms with Gasteiger partial charge in [-0.25, -0.2) is 0 Å². The maximum atomic E-state index is 8.68. The van der Waals surface area contributed by atoms with Gasteiger partial charge in [0.15, 0.2) is 0 Å². The zero-order valence-electron chi connectivity index (χ0n) is 8.48. The summed E-state index contributed by atoms with van der Waals surface area (Å²) in [5.74, 6) is 0.417. The number of hydrogen-bond acceptors (Lipinski definition) is 2. The second-order valence-electron chi connectivity index (χ2n) is 4.94. The Labute approximate surface area is 88.6 Å². The van der Waals surface area contributed by atoms with Crippen molar-refractivity contribution in [3.05, 3.63) is 35.9 Å². The van der Waals surface area contributed by atoms with Gasteiger partial charge in [-0.2, -0.15) is 0 Å². The molecule has 15 heavy (non-hydrogen) atoms. The molecule has 0 aromatic heterocycles. The number of amidine groups is 1. The van der Waals surface area contributed by atoms with Crippen molar-refractivity contribution in [3.63, 3.8) is 0 Å². The van der Waals surface area contributed by atoms with Crippen LogP contribution in [0.25, 0.3) is 0 Å². The van der Waals surface area contributed by atoms with Crippen molar-refractivity contribution >= 4 is 5.84 Å². The Bertz CT molecular complexity index is 405. The van der Waals surface area contributed by atoms with Crippen LogP contribution in [0.15, 0.2) is 35.5 Å². The molecule has 0 saturated heterocycles. The molecule has 2 bridgehead atoms. The van der Waals surface area contributed by atoms with Crippen LogP contribution >= 0.6 is 0 Å². The standard InChI is InChI=1S/C12H14N2O/c13-10(14-15)12-6-11(7-12,8-12)9-4-2-1-3-5-9/h1-5,15H,6-8H2,(H2,13,14). The Morgan fingerprint density at radius 2 is 1.80 bits per heavy atom. The van der Waals surface area contributed by atoms with Gasteiger partial charge >= 0.3 is 0 Å². The summed E-state index contributed by atoms with van der Waals surface area (Å²) >= 11 is 0.